The first-order valence-electron chi connectivity index (χ1n) is 7.41. The Labute approximate surface area is 125 Å². The van der Waals surface area contributed by atoms with Gasteiger partial charge in [0.1, 0.15) is 6.04 Å². The van der Waals surface area contributed by atoms with Crippen LogP contribution < -0.4 is 16.0 Å². The van der Waals surface area contributed by atoms with Gasteiger partial charge in [0.2, 0.25) is 12.3 Å². The molecule has 0 aromatic rings. The lowest BCUT2D eigenvalue weighted by Crippen LogP contribution is -2.48. The number of epoxide rings is 1. The maximum Gasteiger partial charge on any atom is 0.252 e. The highest BCUT2D eigenvalue weighted by Crippen LogP contribution is 2.11. The van der Waals surface area contributed by atoms with E-state index in [1.165, 1.54) is 0 Å². The minimum atomic E-state index is -0.519. The molecule has 7 heteroatoms. The Morgan fingerprint density at radius 2 is 1.95 bits per heavy atom. The predicted octanol–water partition coefficient (Wildman–Crippen LogP) is -0.441. The molecule has 0 saturated carbocycles. The summed E-state index contributed by atoms with van der Waals surface area (Å²) in [5.74, 6) is -0.0787. The van der Waals surface area contributed by atoms with Gasteiger partial charge in [-0.3, -0.25) is 14.4 Å². The molecule has 1 fully saturated rings. The normalized spacial score (nSPS) is 18.0. The first-order chi connectivity index (χ1) is 10.0. The Morgan fingerprint density at radius 1 is 1.29 bits per heavy atom. The largest absolute Gasteiger partial charge is 0.363 e. The third-order valence-electron chi connectivity index (χ3n) is 3.10. The highest BCUT2D eigenvalue weighted by atomic mass is 16.6. The second kappa shape index (κ2) is 9.33. The molecule has 0 aromatic heterocycles. The van der Waals surface area contributed by atoms with Crippen molar-refractivity contribution < 1.29 is 19.1 Å². The first-order valence-corrected chi connectivity index (χ1v) is 7.41. The van der Waals surface area contributed by atoms with E-state index < -0.39 is 6.04 Å². The van der Waals surface area contributed by atoms with E-state index in [1.807, 2.05) is 13.8 Å². The van der Waals surface area contributed by atoms with Gasteiger partial charge in [-0.25, -0.2) is 0 Å². The van der Waals surface area contributed by atoms with Crippen LogP contribution in [0.25, 0.3) is 0 Å². The summed E-state index contributed by atoms with van der Waals surface area (Å²) in [5.41, 5.74) is 0. The summed E-state index contributed by atoms with van der Waals surface area (Å²) in [5, 5.41) is 8.12. The topological polar surface area (TPSA) is 99.8 Å². The number of unbranched alkanes of at least 4 members (excludes halogenated alkanes) is 1. The van der Waals surface area contributed by atoms with Gasteiger partial charge in [0.25, 0.3) is 5.91 Å². The van der Waals surface area contributed by atoms with Crippen molar-refractivity contribution in [2.75, 3.05) is 19.7 Å². The standard InChI is InChI=1S/C14H25N3O4/c1-10(2)7-11(17-14(20)12-8-21-12)13(19)16-6-4-3-5-15-9-18/h9-12H,3-8H2,1-2H3,(H,15,18)(H,16,19)(H,17,20). The summed E-state index contributed by atoms with van der Waals surface area (Å²) >= 11 is 0. The lowest BCUT2D eigenvalue weighted by Gasteiger charge is -2.19. The molecule has 2 atom stereocenters. The van der Waals surface area contributed by atoms with Gasteiger partial charge < -0.3 is 20.7 Å². The Morgan fingerprint density at radius 3 is 2.52 bits per heavy atom. The van der Waals surface area contributed by atoms with E-state index in [0.29, 0.717) is 38.4 Å². The average Bonchev–Trinajstić information content (AvgIpc) is 3.25. The monoisotopic (exact) mass is 299 g/mol. The molecule has 0 radical (unpaired) electrons. The zero-order valence-electron chi connectivity index (χ0n) is 12.7. The number of hydrogen-bond acceptors (Lipinski definition) is 4. The molecule has 1 saturated heterocycles. The van der Waals surface area contributed by atoms with Crippen LogP contribution in [0.2, 0.25) is 0 Å². The lowest BCUT2D eigenvalue weighted by molar-refractivity contribution is -0.129. The van der Waals surface area contributed by atoms with Crippen molar-refractivity contribution in [2.45, 2.75) is 45.3 Å². The molecule has 2 unspecified atom stereocenters. The van der Waals surface area contributed by atoms with Crippen LogP contribution in [-0.4, -0.2) is 50.1 Å². The molecule has 120 valence electrons. The zero-order valence-corrected chi connectivity index (χ0v) is 12.7. The molecular weight excluding hydrogens is 274 g/mol. The molecule has 0 spiro atoms. The van der Waals surface area contributed by atoms with Crippen molar-refractivity contribution in [1.29, 1.82) is 0 Å². The third-order valence-corrected chi connectivity index (χ3v) is 3.10. The summed E-state index contributed by atoms with van der Waals surface area (Å²) in [6, 6.07) is -0.519. The van der Waals surface area contributed by atoms with Gasteiger partial charge in [0.15, 0.2) is 6.10 Å². The van der Waals surface area contributed by atoms with Gasteiger partial charge >= 0.3 is 0 Å². The highest BCUT2D eigenvalue weighted by Gasteiger charge is 2.34. The Hall–Kier alpha value is -1.63. The van der Waals surface area contributed by atoms with Crippen molar-refractivity contribution in [1.82, 2.24) is 16.0 Å². The van der Waals surface area contributed by atoms with E-state index in [2.05, 4.69) is 16.0 Å². The number of carbonyl (C=O) groups excluding carboxylic acids is 3. The smallest absolute Gasteiger partial charge is 0.252 e. The summed E-state index contributed by atoms with van der Waals surface area (Å²) < 4.78 is 4.91. The van der Waals surface area contributed by atoms with Gasteiger partial charge in [-0.1, -0.05) is 13.8 Å². The van der Waals surface area contributed by atoms with Crippen LogP contribution in [0, 0.1) is 5.92 Å². The quantitative estimate of drug-likeness (QED) is 0.273. The molecule has 3 amide bonds. The molecule has 1 aliphatic heterocycles. The van der Waals surface area contributed by atoms with Gasteiger partial charge in [-0.05, 0) is 25.2 Å². The minimum absolute atomic E-state index is 0.166. The Bertz CT molecular complexity index is 356. The lowest BCUT2D eigenvalue weighted by atomic mass is 10.0. The first kappa shape index (κ1) is 17.4. The number of rotatable bonds is 11. The second-order valence-electron chi connectivity index (χ2n) is 5.58. The van der Waals surface area contributed by atoms with Gasteiger partial charge in [-0.15, -0.1) is 0 Å². The molecular formula is C14H25N3O4. The maximum absolute atomic E-state index is 12.1. The van der Waals surface area contributed by atoms with Gasteiger partial charge in [0, 0.05) is 13.1 Å². The van der Waals surface area contributed by atoms with Crippen molar-refractivity contribution in [3.8, 4) is 0 Å². The Kier molecular flexibility index (Phi) is 7.74. The van der Waals surface area contributed by atoms with Crippen molar-refractivity contribution in [2.24, 2.45) is 5.92 Å². The van der Waals surface area contributed by atoms with Crippen molar-refractivity contribution >= 4 is 18.2 Å². The predicted molar refractivity (Wildman–Crippen MR) is 77.4 cm³/mol. The summed E-state index contributed by atoms with van der Waals surface area (Å²) in [6.45, 7) is 5.58. The van der Waals surface area contributed by atoms with Crippen molar-refractivity contribution in [3.63, 3.8) is 0 Å². The molecule has 0 aliphatic carbocycles. The van der Waals surface area contributed by atoms with E-state index in [1.54, 1.807) is 0 Å². The molecule has 1 aliphatic rings. The van der Waals surface area contributed by atoms with Crippen LogP contribution in [0.15, 0.2) is 0 Å². The molecule has 21 heavy (non-hydrogen) atoms. The number of hydrogen-bond donors (Lipinski definition) is 3. The number of ether oxygens (including phenoxy) is 1. The van der Waals surface area contributed by atoms with E-state index in [9.17, 15) is 14.4 Å². The van der Waals surface area contributed by atoms with Crippen LogP contribution >= 0.6 is 0 Å². The van der Waals surface area contributed by atoms with Crippen LogP contribution in [0.3, 0.4) is 0 Å². The SMILES string of the molecule is CC(C)CC(NC(=O)C1CO1)C(=O)NCCCCNC=O. The van der Waals surface area contributed by atoms with Crippen LogP contribution in [0.1, 0.15) is 33.1 Å². The second-order valence-corrected chi connectivity index (χ2v) is 5.58. The fourth-order valence-electron chi connectivity index (χ4n) is 1.91. The van der Waals surface area contributed by atoms with E-state index in [-0.39, 0.29) is 17.9 Å². The van der Waals surface area contributed by atoms with Gasteiger partial charge in [-0.2, -0.15) is 0 Å². The number of nitrogens with one attached hydrogen (secondary N) is 3. The zero-order chi connectivity index (χ0) is 15.7. The third kappa shape index (κ3) is 7.65. The molecule has 7 nitrogen and oxygen atoms in total. The Balaban J connectivity index is 2.28. The number of carbonyl (C=O) groups is 3. The van der Waals surface area contributed by atoms with Crippen LogP contribution in [0.5, 0.6) is 0 Å². The molecule has 1 heterocycles. The molecule has 0 bridgehead atoms. The summed E-state index contributed by atoms with van der Waals surface area (Å²) in [7, 11) is 0. The molecule has 0 aromatic carbocycles. The summed E-state index contributed by atoms with van der Waals surface area (Å²) in [6.07, 6.45) is 2.45. The van der Waals surface area contributed by atoms with Gasteiger partial charge in [0.05, 0.1) is 6.61 Å². The van der Waals surface area contributed by atoms with E-state index in [4.69, 9.17) is 4.74 Å². The summed E-state index contributed by atoms with van der Waals surface area (Å²) in [4.78, 5) is 33.9. The maximum atomic E-state index is 12.1. The van der Waals surface area contributed by atoms with Crippen molar-refractivity contribution in [3.05, 3.63) is 0 Å². The fraction of sp³-hybridized carbons (Fsp3) is 0.786. The molecule has 3 N–H and O–H groups in total. The van der Waals surface area contributed by atoms with E-state index in [0.717, 1.165) is 12.8 Å². The fourth-order valence-corrected chi connectivity index (χ4v) is 1.91. The molecule has 1 rings (SSSR count). The average molecular weight is 299 g/mol. The van der Waals surface area contributed by atoms with Crippen LogP contribution in [-0.2, 0) is 19.1 Å². The number of amides is 3. The minimum Gasteiger partial charge on any atom is -0.363 e. The van der Waals surface area contributed by atoms with E-state index >= 15 is 0 Å². The highest BCUT2D eigenvalue weighted by molar-refractivity contribution is 5.90. The van der Waals surface area contributed by atoms with Crippen LogP contribution in [0.4, 0.5) is 0 Å².